The van der Waals surface area contributed by atoms with Crippen molar-refractivity contribution in [3.05, 3.63) is 35.9 Å². The molecule has 1 N–H and O–H groups in total. The van der Waals surface area contributed by atoms with Gasteiger partial charge in [-0.05, 0) is 0 Å². The predicted octanol–water partition coefficient (Wildman–Crippen LogP) is -2.66. The number of hydrogen-bond donors (Lipinski definition) is 1. The van der Waals surface area contributed by atoms with E-state index in [0.717, 1.165) is 6.54 Å². The van der Waals surface area contributed by atoms with Crippen LogP contribution in [0.2, 0.25) is 0 Å². The monoisotopic (exact) mass is 263 g/mol. The number of rotatable bonds is 2. The van der Waals surface area contributed by atoms with Gasteiger partial charge in [-0.1, -0.05) is 30.3 Å². The molecular weight excluding hydrogens is 249 g/mol. The molecule has 0 aliphatic rings. The summed E-state index contributed by atoms with van der Waals surface area (Å²) in [4.78, 5) is 1.46. The Morgan fingerprint density at radius 2 is 1.64 bits per heavy atom. The summed E-state index contributed by atoms with van der Waals surface area (Å²) in [6, 6.07) is 10.5. The maximum Gasteiger partial charge on any atom is 0.102 e. The van der Waals surface area contributed by atoms with Crippen LogP contribution in [0, 0.1) is 0 Å². The number of halogens is 1. The van der Waals surface area contributed by atoms with Crippen LogP contribution < -0.4 is 28.9 Å². The molecule has 0 radical (unpaired) electrons. The molecule has 0 saturated carbocycles. The smallest absolute Gasteiger partial charge is 0.102 e. The third-order valence-electron chi connectivity index (χ3n) is 1.40. The van der Waals surface area contributed by atoms with Gasteiger partial charge in [0.15, 0.2) is 0 Å². The molecule has 0 amide bonds. The molecule has 0 fully saturated rings. The lowest BCUT2D eigenvalue weighted by Gasteiger charge is -2.05. The molecular formula is C9H14IN. The fourth-order valence-electron chi connectivity index (χ4n) is 1.00. The SMILES string of the molecule is C[NH+](C)Cc1ccccc1.[I-]. The van der Waals surface area contributed by atoms with E-state index < -0.39 is 0 Å². The van der Waals surface area contributed by atoms with E-state index in [1.165, 1.54) is 10.5 Å². The topological polar surface area (TPSA) is 4.44 Å². The van der Waals surface area contributed by atoms with Gasteiger partial charge < -0.3 is 28.9 Å². The van der Waals surface area contributed by atoms with Gasteiger partial charge in [-0.2, -0.15) is 0 Å². The summed E-state index contributed by atoms with van der Waals surface area (Å²) in [7, 11) is 4.32. The normalized spacial score (nSPS) is 9.36. The van der Waals surface area contributed by atoms with Crippen molar-refractivity contribution in [2.24, 2.45) is 0 Å². The van der Waals surface area contributed by atoms with Crippen LogP contribution in [0.3, 0.4) is 0 Å². The first-order valence-corrected chi connectivity index (χ1v) is 3.62. The number of nitrogens with one attached hydrogen (secondary N) is 1. The van der Waals surface area contributed by atoms with Gasteiger partial charge in [0.2, 0.25) is 0 Å². The maximum absolute atomic E-state index is 2.16. The summed E-state index contributed by atoms with van der Waals surface area (Å²) in [6.07, 6.45) is 0. The molecule has 1 aromatic rings. The van der Waals surface area contributed by atoms with Crippen LogP contribution in [0.5, 0.6) is 0 Å². The van der Waals surface area contributed by atoms with Crippen LogP contribution in [0.15, 0.2) is 30.3 Å². The highest BCUT2D eigenvalue weighted by atomic mass is 127. The quantitative estimate of drug-likeness (QED) is 0.555. The van der Waals surface area contributed by atoms with Crippen molar-refractivity contribution in [1.82, 2.24) is 0 Å². The van der Waals surface area contributed by atoms with E-state index in [2.05, 4.69) is 44.4 Å². The predicted molar refractivity (Wildman–Crippen MR) is 43.0 cm³/mol. The van der Waals surface area contributed by atoms with Crippen molar-refractivity contribution in [3.8, 4) is 0 Å². The van der Waals surface area contributed by atoms with Gasteiger partial charge in [0.25, 0.3) is 0 Å². The van der Waals surface area contributed by atoms with E-state index in [1.54, 1.807) is 0 Å². The first-order chi connectivity index (χ1) is 4.79. The molecule has 1 rings (SSSR count). The van der Waals surface area contributed by atoms with Crippen molar-refractivity contribution in [2.75, 3.05) is 14.1 Å². The van der Waals surface area contributed by atoms with E-state index in [4.69, 9.17) is 0 Å². The van der Waals surface area contributed by atoms with E-state index in [1.807, 2.05) is 0 Å². The van der Waals surface area contributed by atoms with Gasteiger partial charge in [0.05, 0.1) is 14.1 Å². The lowest BCUT2D eigenvalue weighted by molar-refractivity contribution is -0.872. The molecule has 62 valence electrons. The van der Waals surface area contributed by atoms with Gasteiger partial charge in [-0.15, -0.1) is 0 Å². The molecule has 1 aromatic carbocycles. The molecule has 1 nitrogen and oxygen atoms in total. The molecule has 0 saturated heterocycles. The Morgan fingerprint density at radius 3 is 2.09 bits per heavy atom. The van der Waals surface area contributed by atoms with E-state index in [9.17, 15) is 0 Å². The van der Waals surface area contributed by atoms with Crippen molar-refractivity contribution < 1.29 is 28.9 Å². The molecule has 0 unspecified atom stereocenters. The third kappa shape index (κ3) is 4.37. The number of hydrogen-bond acceptors (Lipinski definition) is 0. The minimum Gasteiger partial charge on any atom is -1.00 e. The number of benzene rings is 1. The van der Waals surface area contributed by atoms with Crippen molar-refractivity contribution in [1.29, 1.82) is 0 Å². The fraction of sp³-hybridized carbons (Fsp3) is 0.333. The average Bonchev–Trinajstić information content (AvgIpc) is 1.88. The lowest BCUT2D eigenvalue weighted by atomic mass is 10.2. The molecule has 0 aromatic heterocycles. The minimum atomic E-state index is 0. The minimum absolute atomic E-state index is 0. The summed E-state index contributed by atoms with van der Waals surface area (Å²) >= 11 is 0. The van der Waals surface area contributed by atoms with Gasteiger partial charge >= 0.3 is 0 Å². The Balaban J connectivity index is 0.000001000. The highest BCUT2D eigenvalue weighted by molar-refractivity contribution is 5.12. The first-order valence-electron chi connectivity index (χ1n) is 3.62. The van der Waals surface area contributed by atoms with Gasteiger partial charge in [0.1, 0.15) is 6.54 Å². The van der Waals surface area contributed by atoms with Crippen molar-refractivity contribution in [3.63, 3.8) is 0 Å². The highest BCUT2D eigenvalue weighted by Gasteiger charge is 1.93. The van der Waals surface area contributed by atoms with E-state index in [0.29, 0.717) is 0 Å². The lowest BCUT2D eigenvalue weighted by Crippen LogP contribution is -3.04. The Labute approximate surface area is 85.4 Å². The van der Waals surface area contributed by atoms with Gasteiger partial charge in [0, 0.05) is 5.56 Å². The second-order valence-corrected chi connectivity index (χ2v) is 2.87. The van der Waals surface area contributed by atoms with Crippen molar-refractivity contribution in [2.45, 2.75) is 6.54 Å². The molecule has 0 bridgehead atoms. The Hall–Kier alpha value is -0.0900. The zero-order chi connectivity index (χ0) is 7.40. The van der Waals surface area contributed by atoms with Gasteiger partial charge in [-0.25, -0.2) is 0 Å². The second kappa shape index (κ2) is 5.55. The third-order valence-corrected chi connectivity index (χ3v) is 1.40. The molecule has 0 aliphatic heterocycles. The molecule has 0 spiro atoms. The fourth-order valence-corrected chi connectivity index (χ4v) is 1.00. The average molecular weight is 263 g/mol. The molecule has 2 heteroatoms. The first kappa shape index (κ1) is 10.9. The highest BCUT2D eigenvalue weighted by Crippen LogP contribution is 1.94. The standard InChI is InChI=1S/C9H13N.HI/c1-10(2)8-9-6-4-3-5-7-9;/h3-7H,8H2,1-2H3;1H. The molecule has 0 aliphatic carbocycles. The largest absolute Gasteiger partial charge is 1.00 e. The second-order valence-electron chi connectivity index (χ2n) is 2.87. The van der Waals surface area contributed by atoms with Crippen LogP contribution in [0.25, 0.3) is 0 Å². The molecule has 0 heterocycles. The molecule has 11 heavy (non-hydrogen) atoms. The maximum atomic E-state index is 2.16. The van der Waals surface area contributed by atoms with E-state index in [-0.39, 0.29) is 24.0 Å². The van der Waals surface area contributed by atoms with E-state index >= 15 is 0 Å². The van der Waals surface area contributed by atoms with Gasteiger partial charge in [-0.3, -0.25) is 0 Å². The van der Waals surface area contributed by atoms with Crippen LogP contribution in [-0.2, 0) is 6.54 Å². The summed E-state index contributed by atoms with van der Waals surface area (Å²) < 4.78 is 0. The summed E-state index contributed by atoms with van der Waals surface area (Å²) in [6.45, 7) is 1.11. The zero-order valence-corrected chi connectivity index (χ0v) is 9.13. The van der Waals surface area contributed by atoms with Crippen LogP contribution in [0.4, 0.5) is 0 Å². The summed E-state index contributed by atoms with van der Waals surface area (Å²) in [5.74, 6) is 0. The zero-order valence-electron chi connectivity index (χ0n) is 6.97. The van der Waals surface area contributed by atoms with Crippen LogP contribution in [-0.4, -0.2) is 14.1 Å². The Morgan fingerprint density at radius 1 is 1.09 bits per heavy atom. The summed E-state index contributed by atoms with van der Waals surface area (Å²) in [5.41, 5.74) is 1.41. The Kier molecular flexibility index (Phi) is 5.50. The van der Waals surface area contributed by atoms with Crippen LogP contribution >= 0.6 is 0 Å². The molecule has 0 atom stereocenters. The Bertz CT molecular complexity index is 184. The van der Waals surface area contributed by atoms with Crippen LogP contribution in [0.1, 0.15) is 5.56 Å². The van der Waals surface area contributed by atoms with Crippen molar-refractivity contribution >= 4 is 0 Å². The number of quaternary nitrogens is 1. The summed E-state index contributed by atoms with van der Waals surface area (Å²) in [5, 5.41) is 0.